The minimum Gasteiger partial charge on any atom is -0.386 e. The average molecular weight is 789 g/mol. The lowest BCUT2D eigenvalue weighted by Crippen LogP contribution is -2.60. The fourth-order valence-corrected chi connectivity index (χ4v) is 8.16. The maximum Gasteiger partial charge on any atom is 0.245 e. The largest absolute Gasteiger partial charge is 0.386 e. The van der Waals surface area contributed by atoms with Crippen molar-refractivity contribution in [3.8, 4) is 0 Å². The number of hydrogen-bond donors (Lipinski definition) is 3. The van der Waals surface area contributed by atoms with Crippen LogP contribution in [0.4, 0.5) is 0 Å². The molecule has 1 aliphatic rings. The molecule has 4 amide bonds. The highest BCUT2D eigenvalue weighted by Crippen LogP contribution is 2.30. The Bertz CT molecular complexity index is 1360. The van der Waals surface area contributed by atoms with E-state index in [-0.39, 0.29) is 53.8 Å². The smallest absolute Gasteiger partial charge is 0.245 e. The molecule has 0 aromatic heterocycles. The molecule has 0 bridgehead atoms. The number of rotatable bonds is 23. The quantitative estimate of drug-likeness (QED) is 0.151. The van der Waals surface area contributed by atoms with E-state index in [1.54, 1.807) is 44.9 Å². The van der Waals surface area contributed by atoms with E-state index in [0.29, 0.717) is 25.1 Å². The third-order valence-electron chi connectivity index (χ3n) is 11.7. The molecule has 1 aliphatic heterocycles. The van der Waals surface area contributed by atoms with Gasteiger partial charge in [0.15, 0.2) is 0 Å². The number of benzene rings is 1. The Hall–Kier alpha value is -3.10. The van der Waals surface area contributed by atoms with Gasteiger partial charge >= 0.3 is 0 Å². The number of hydrogen-bond acceptors (Lipinski definition) is 9. The van der Waals surface area contributed by atoms with Crippen molar-refractivity contribution in [1.82, 2.24) is 30.2 Å². The molecule has 0 aliphatic carbocycles. The van der Waals surface area contributed by atoms with Gasteiger partial charge in [-0.15, -0.1) is 0 Å². The molecule has 3 N–H and O–H groups in total. The summed E-state index contributed by atoms with van der Waals surface area (Å²) in [6.45, 7) is 17.6. The van der Waals surface area contributed by atoms with Crippen molar-refractivity contribution in [3.05, 3.63) is 35.9 Å². The van der Waals surface area contributed by atoms with E-state index in [0.717, 1.165) is 19.4 Å². The number of carbonyl (C=O) groups excluding carboxylic acids is 4. The third-order valence-corrected chi connectivity index (χ3v) is 11.7. The maximum absolute atomic E-state index is 14.4. The van der Waals surface area contributed by atoms with Gasteiger partial charge in [0.25, 0.3) is 0 Å². The van der Waals surface area contributed by atoms with Crippen molar-refractivity contribution in [2.45, 2.75) is 130 Å². The van der Waals surface area contributed by atoms with Crippen LogP contribution in [0.2, 0.25) is 0 Å². The van der Waals surface area contributed by atoms with Gasteiger partial charge in [-0.1, -0.05) is 85.2 Å². The van der Waals surface area contributed by atoms with Gasteiger partial charge in [0, 0.05) is 40.9 Å². The summed E-state index contributed by atoms with van der Waals surface area (Å²) in [5.74, 6) is -1.60. The fourth-order valence-electron chi connectivity index (χ4n) is 8.16. The normalized spacial score (nSPS) is 19.6. The summed E-state index contributed by atoms with van der Waals surface area (Å²) in [7, 11) is 10.8. The molecule has 1 fully saturated rings. The number of nitrogens with one attached hydrogen (secondary N) is 2. The molecular formula is C43H76N6O7. The third kappa shape index (κ3) is 13.2. The summed E-state index contributed by atoms with van der Waals surface area (Å²) in [4.78, 5) is 63.6. The van der Waals surface area contributed by atoms with Crippen molar-refractivity contribution in [3.63, 3.8) is 0 Å². The van der Waals surface area contributed by atoms with Crippen LogP contribution in [0.5, 0.6) is 0 Å². The lowest BCUT2D eigenvalue weighted by molar-refractivity contribution is -0.148. The summed E-state index contributed by atoms with van der Waals surface area (Å²) < 4.78 is 12.0. The van der Waals surface area contributed by atoms with Crippen molar-refractivity contribution in [2.75, 3.05) is 62.0 Å². The second kappa shape index (κ2) is 23.3. The molecule has 0 unspecified atom stereocenters. The summed E-state index contributed by atoms with van der Waals surface area (Å²) in [6, 6.07) is 6.68. The summed E-state index contributed by atoms with van der Waals surface area (Å²) in [5, 5.41) is 16.9. The molecular weight excluding hydrogens is 713 g/mol. The highest BCUT2D eigenvalue weighted by Gasteiger charge is 2.43. The summed E-state index contributed by atoms with van der Waals surface area (Å²) in [5.41, 5.74) is 0.711. The second-order valence-electron chi connectivity index (χ2n) is 16.9. The van der Waals surface area contributed by atoms with Crippen LogP contribution in [0.15, 0.2) is 30.3 Å². The lowest BCUT2D eigenvalue weighted by atomic mass is 9.89. The number of carbonyl (C=O) groups is 4. The minimum atomic E-state index is -0.879. The maximum atomic E-state index is 14.4. The van der Waals surface area contributed by atoms with Gasteiger partial charge < -0.3 is 39.9 Å². The molecule has 2 rings (SSSR count). The highest BCUT2D eigenvalue weighted by atomic mass is 16.5. The molecule has 0 radical (unpaired) electrons. The van der Waals surface area contributed by atoms with Crippen LogP contribution in [-0.4, -0.2) is 153 Å². The lowest BCUT2D eigenvalue weighted by Gasteiger charge is -2.41. The van der Waals surface area contributed by atoms with E-state index in [9.17, 15) is 24.3 Å². The fraction of sp³-hybridized carbons (Fsp3) is 0.767. The van der Waals surface area contributed by atoms with Crippen LogP contribution in [0.1, 0.15) is 92.7 Å². The Morgan fingerprint density at radius 1 is 0.875 bits per heavy atom. The van der Waals surface area contributed by atoms with Gasteiger partial charge in [-0.05, 0) is 64.2 Å². The number of likely N-dealkylation sites (N-methyl/N-ethyl adjacent to an activating group) is 3. The highest BCUT2D eigenvalue weighted by molar-refractivity contribution is 5.90. The molecule has 1 aromatic rings. The first kappa shape index (κ1) is 49.0. The molecule has 56 heavy (non-hydrogen) atoms. The van der Waals surface area contributed by atoms with E-state index >= 15 is 0 Å². The van der Waals surface area contributed by atoms with Gasteiger partial charge in [-0.25, -0.2) is 0 Å². The van der Waals surface area contributed by atoms with Crippen LogP contribution in [0, 0.1) is 23.7 Å². The topological polar surface area (TPSA) is 144 Å². The SMILES string of the molecule is CC[C@H](C)[C@@H]([C@@H](CC(=O)N1CCC[C@H]1[C@H](OC)[C@@H](C)C(=O)N[C@H](C)[C@@H](O)c1ccccc1)OC)N(C)C(=O)[C@@H](NC(=O)[C@H](C(C)C)N(C)CCN(C)C)C(C)C. The zero-order valence-corrected chi connectivity index (χ0v) is 37.0. The van der Waals surface area contributed by atoms with Gasteiger partial charge in [0.1, 0.15) is 6.04 Å². The number of aliphatic hydroxyl groups is 1. The monoisotopic (exact) mass is 789 g/mol. The standard InChI is InChI=1S/C43H76N6O7/c1-15-29(6)38(48(12)43(54)36(27(2)3)45-42(53)37(28(4)5)47(11)25-24-46(9)10)34(55-13)26-35(50)49-23-19-22-33(49)40(56-14)30(7)41(52)44-31(8)39(51)32-20-17-16-18-21-32/h16-18,20-21,27-31,33-34,36-40,51H,15,19,22-26H2,1-14H3,(H,44,52)(H,45,53)/t29-,30+,31+,33-,34+,36-,37-,38-,39+,40+/m0/s1. The van der Waals surface area contributed by atoms with Crippen molar-refractivity contribution in [1.29, 1.82) is 0 Å². The number of ether oxygens (including phenoxy) is 2. The minimum absolute atomic E-state index is 0.0242. The van der Waals surface area contributed by atoms with Crippen molar-refractivity contribution in [2.24, 2.45) is 23.7 Å². The predicted octanol–water partition coefficient (Wildman–Crippen LogP) is 3.80. The molecule has 1 heterocycles. The van der Waals surface area contributed by atoms with E-state index in [1.807, 2.05) is 84.1 Å². The zero-order chi connectivity index (χ0) is 42.4. The van der Waals surface area contributed by atoms with Crippen LogP contribution < -0.4 is 10.6 Å². The van der Waals surface area contributed by atoms with E-state index in [1.165, 1.54) is 0 Å². The molecule has 13 nitrogen and oxygen atoms in total. The second-order valence-corrected chi connectivity index (χ2v) is 16.9. The van der Waals surface area contributed by atoms with E-state index < -0.39 is 48.4 Å². The van der Waals surface area contributed by atoms with E-state index in [2.05, 4.69) is 29.4 Å². The van der Waals surface area contributed by atoms with Gasteiger partial charge in [-0.2, -0.15) is 0 Å². The molecule has 1 aromatic carbocycles. The molecule has 0 saturated carbocycles. The first-order chi connectivity index (χ1) is 26.3. The van der Waals surface area contributed by atoms with Crippen molar-refractivity contribution < 1.29 is 33.8 Å². The number of likely N-dealkylation sites (tertiary alicyclic amines) is 1. The summed E-state index contributed by atoms with van der Waals surface area (Å²) >= 11 is 0. The Morgan fingerprint density at radius 2 is 1.50 bits per heavy atom. The molecule has 10 atom stereocenters. The van der Waals surface area contributed by atoms with Gasteiger partial charge in [-0.3, -0.25) is 24.1 Å². The van der Waals surface area contributed by atoms with Crippen LogP contribution in [0.25, 0.3) is 0 Å². The number of amides is 4. The number of aliphatic hydroxyl groups excluding tert-OH is 1. The molecule has 320 valence electrons. The zero-order valence-electron chi connectivity index (χ0n) is 37.0. The van der Waals surface area contributed by atoms with Crippen LogP contribution in [-0.2, 0) is 28.7 Å². The van der Waals surface area contributed by atoms with Crippen LogP contribution >= 0.6 is 0 Å². The Labute approximate surface area is 338 Å². The van der Waals surface area contributed by atoms with Crippen molar-refractivity contribution >= 4 is 23.6 Å². The summed E-state index contributed by atoms with van der Waals surface area (Å²) in [6.07, 6.45) is 0.118. The molecule has 13 heteroatoms. The van der Waals surface area contributed by atoms with Gasteiger partial charge in [0.05, 0.1) is 54.8 Å². The van der Waals surface area contributed by atoms with E-state index in [4.69, 9.17) is 9.47 Å². The first-order valence-corrected chi connectivity index (χ1v) is 20.6. The Kier molecular flexibility index (Phi) is 20.4. The predicted molar refractivity (Wildman–Crippen MR) is 222 cm³/mol. The average Bonchev–Trinajstić information content (AvgIpc) is 3.65. The Morgan fingerprint density at radius 3 is 2.02 bits per heavy atom. The van der Waals surface area contributed by atoms with Gasteiger partial charge in [0.2, 0.25) is 23.6 Å². The Balaban J connectivity index is 2.26. The number of nitrogens with zero attached hydrogens (tertiary/aromatic N) is 4. The molecule has 0 spiro atoms. The first-order valence-electron chi connectivity index (χ1n) is 20.6. The van der Waals surface area contributed by atoms with Crippen LogP contribution in [0.3, 0.4) is 0 Å². The molecule has 1 saturated heterocycles. The number of methoxy groups -OCH3 is 2.